The van der Waals surface area contributed by atoms with Gasteiger partial charge in [-0.2, -0.15) is 0 Å². The van der Waals surface area contributed by atoms with Crippen molar-refractivity contribution in [3.05, 3.63) is 53.9 Å². The van der Waals surface area contributed by atoms with Crippen LogP contribution in [0.5, 0.6) is 0 Å². The van der Waals surface area contributed by atoms with Crippen LogP contribution < -0.4 is 0 Å². The molecule has 1 aromatic carbocycles. The van der Waals surface area contributed by atoms with E-state index in [0.717, 1.165) is 28.0 Å². The van der Waals surface area contributed by atoms with E-state index in [4.69, 9.17) is 0 Å². The van der Waals surface area contributed by atoms with Crippen LogP contribution in [0.2, 0.25) is 0 Å². The van der Waals surface area contributed by atoms with Crippen molar-refractivity contribution in [1.29, 1.82) is 0 Å². The Hall–Kier alpha value is -2.29. The van der Waals surface area contributed by atoms with Gasteiger partial charge < -0.3 is 0 Å². The van der Waals surface area contributed by atoms with Crippen molar-refractivity contribution in [2.75, 3.05) is 0 Å². The van der Waals surface area contributed by atoms with Gasteiger partial charge in [-0.3, -0.25) is 0 Å². The second-order valence-corrected chi connectivity index (χ2v) is 4.36. The predicted octanol–water partition coefficient (Wildman–Crippen LogP) is 3.31. The number of rotatable bonds is 1. The van der Waals surface area contributed by atoms with Crippen LogP contribution in [0.15, 0.2) is 42.5 Å². The maximum atomic E-state index is 4.60. The third-order valence-corrected chi connectivity index (χ3v) is 2.81. The highest BCUT2D eigenvalue weighted by atomic mass is 14.9. The Bertz CT molecular complexity index is 700. The summed E-state index contributed by atoms with van der Waals surface area (Å²) in [6, 6.07) is 14.0. The fraction of sp³-hybridized carbons (Fsp3) is 0.133. The number of aryl methyl sites for hydroxylation is 2. The molecule has 3 nitrogen and oxygen atoms in total. The molecule has 3 rings (SSSR count). The first-order valence-corrected chi connectivity index (χ1v) is 5.91. The lowest BCUT2D eigenvalue weighted by atomic mass is 10.2. The summed E-state index contributed by atoms with van der Waals surface area (Å²) < 4.78 is 0. The summed E-state index contributed by atoms with van der Waals surface area (Å²) in [6.07, 6.45) is 0. The fourth-order valence-electron chi connectivity index (χ4n) is 2.03. The normalized spacial score (nSPS) is 10.8. The predicted molar refractivity (Wildman–Crippen MR) is 72.2 cm³/mol. The number of hydrogen-bond donors (Lipinski definition) is 0. The van der Waals surface area contributed by atoms with Crippen LogP contribution >= 0.6 is 0 Å². The Kier molecular flexibility index (Phi) is 2.52. The lowest BCUT2D eigenvalue weighted by Crippen LogP contribution is -1.96. The summed E-state index contributed by atoms with van der Waals surface area (Å²) in [5.41, 5.74) is 3.72. The Morgan fingerprint density at radius 2 is 1.50 bits per heavy atom. The molecule has 0 N–H and O–H groups in total. The van der Waals surface area contributed by atoms with Crippen LogP contribution in [0.4, 0.5) is 0 Å². The monoisotopic (exact) mass is 235 g/mol. The average molecular weight is 235 g/mol. The zero-order valence-electron chi connectivity index (χ0n) is 10.4. The molecule has 0 aliphatic heterocycles. The van der Waals surface area contributed by atoms with E-state index >= 15 is 0 Å². The van der Waals surface area contributed by atoms with Gasteiger partial charge in [-0.05, 0) is 32.0 Å². The number of hydrogen-bond acceptors (Lipinski definition) is 3. The molecule has 0 amide bonds. The lowest BCUT2D eigenvalue weighted by molar-refractivity contribution is 1.05. The van der Waals surface area contributed by atoms with Gasteiger partial charge in [-0.15, -0.1) is 0 Å². The summed E-state index contributed by atoms with van der Waals surface area (Å²) >= 11 is 0. The first kappa shape index (κ1) is 10.8. The summed E-state index contributed by atoms with van der Waals surface area (Å²) in [7, 11) is 0. The molecule has 88 valence electrons. The van der Waals surface area contributed by atoms with Gasteiger partial charge in [0, 0.05) is 16.8 Å². The number of aromatic nitrogens is 3. The maximum absolute atomic E-state index is 4.60. The van der Waals surface area contributed by atoms with Gasteiger partial charge in [0.05, 0.1) is 5.52 Å². The second-order valence-electron chi connectivity index (χ2n) is 4.36. The molecule has 2 aromatic heterocycles. The van der Waals surface area contributed by atoms with Crippen LogP contribution in [0.1, 0.15) is 11.4 Å². The van der Waals surface area contributed by atoms with E-state index < -0.39 is 0 Å². The second kappa shape index (κ2) is 4.18. The van der Waals surface area contributed by atoms with Crippen molar-refractivity contribution in [2.24, 2.45) is 0 Å². The number of benzene rings is 1. The largest absolute Gasteiger partial charge is 0.244 e. The number of para-hydroxylation sites is 1. The van der Waals surface area contributed by atoms with Gasteiger partial charge in [0.15, 0.2) is 5.82 Å². The van der Waals surface area contributed by atoms with Crippen LogP contribution in [-0.2, 0) is 0 Å². The van der Waals surface area contributed by atoms with Crippen LogP contribution in [-0.4, -0.2) is 15.0 Å². The van der Waals surface area contributed by atoms with Crippen molar-refractivity contribution in [2.45, 2.75) is 13.8 Å². The molecule has 2 heterocycles. The molecule has 0 aliphatic rings. The zero-order valence-corrected chi connectivity index (χ0v) is 10.4. The zero-order chi connectivity index (χ0) is 12.5. The molecule has 3 heteroatoms. The van der Waals surface area contributed by atoms with Gasteiger partial charge in [0.2, 0.25) is 0 Å². The van der Waals surface area contributed by atoms with E-state index in [1.165, 1.54) is 0 Å². The molecule has 0 saturated heterocycles. The molecule has 0 radical (unpaired) electrons. The third kappa shape index (κ3) is 1.95. The highest BCUT2D eigenvalue weighted by molar-refractivity contribution is 5.80. The molecule has 3 aromatic rings. The van der Waals surface area contributed by atoms with Gasteiger partial charge in [0.1, 0.15) is 5.69 Å². The van der Waals surface area contributed by atoms with Crippen molar-refractivity contribution in [1.82, 2.24) is 15.0 Å². The van der Waals surface area contributed by atoms with Gasteiger partial charge >= 0.3 is 0 Å². The summed E-state index contributed by atoms with van der Waals surface area (Å²) in [6.45, 7) is 3.94. The number of nitrogens with zero attached hydrogens (tertiary/aromatic N) is 3. The molecule has 18 heavy (non-hydrogen) atoms. The van der Waals surface area contributed by atoms with E-state index in [1.54, 1.807) is 0 Å². The first-order chi connectivity index (χ1) is 8.72. The molecular formula is C15H13N3. The standard InChI is InChI=1S/C15H13N3/c1-10-9-11(2)17-15(16-10)14-8-7-12-5-3-4-6-13(12)18-14/h3-9H,1-2H3. The summed E-state index contributed by atoms with van der Waals surface area (Å²) in [4.78, 5) is 13.5. The molecule has 0 fully saturated rings. The molecular weight excluding hydrogens is 222 g/mol. The Morgan fingerprint density at radius 3 is 2.28 bits per heavy atom. The summed E-state index contributed by atoms with van der Waals surface area (Å²) in [5, 5.41) is 1.13. The van der Waals surface area contributed by atoms with Crippen molar-refractivity contribution < 1.29 is 0 Å². The van der Waals surface area contributed by atoms with Gasteiger partial charge in [-0.25, -0.2) is 15.0 Å². The molecule has 0 aliphatic carbocycles. The minimum absolute atomic E-state index is 0.693. The molecule has 0 spiro atoms. The molecule has 0 bridgehead atoms. The number of fused-ring (bicyclic) bond motifs is 1. The third-order valence-electron chi connectivity index (χ3n) is 2.81. The van der Waals surface area contributed by atoms with E-state index in [2.05, 4.69) is 27.1 Å². The quantitative estimate of drug-likeness (QED) is 0.649. The van der Waals surface area contributed by atoms with Gasteiger partial charge in [0.25, 0.3) is 0 Å². The Balaban J connectivity index is 2.19. The molecule has 0 atom stereocenters. The van der Waals surface area contributed by atoms with Gasteiger partial charge in [-0.1, -0.05) is 24.3 Å². The van der Waals surface area contributed by atoms with E-state index in [0.29, 0.717) is 5.82 Å². The Morgan fingerprint density at radius 1 is 0.778 bits per heavy atom. The fourth-order valence-corrected chi connectivity index (χ4v) is 2.03. The van der Waals surface area contributed by atoms with Crippen molar-refractivity contribution in [3.63, 3.8) is 0 Å². The van der Waals surface area contributed by atoms with E-state index in [1.807, 2.05) is 44.2 Å². The molecule has 0 saturated carbocycles. The van der Waals surface area contributed by atoms with Crippen LogP contribution in [0.25, 0.3) is 22.4 Å². The average Bonchev–Trinajstić information content (AvgIpc) is 2.37. The van der Waals surface area contributed by atoms with Crippen LogP contribution in [0.3, 0.4) is 0 Å². The topological polar surface area (TPSA) is 38.7 Å². The highest BCUT2D eigenvalue weighted by Gasteiger charge is 2.05. The minimum atomic E-state index is 0.693. The van der Waals surface area contributed by atoms with Crippen LogP contribution in [0, 0.1) is 13.8 Å². The minimum Gasteiger partial charge on any atom is -0.244 e. The lowest BCUT2D eigenvalue weighted by Gasteiger charge is -2.04. The molecule has 0 unspecified atom stereocenters. The van der Waals surface area contributed by atoms with Crippen molar-refractivity contribution in [3.8, 4) is 11.5 Å². The summed E-state index contributed by atoms with van der Waals surface area (Å²) in [5.74, 6) is 0.693. The Labute approximate surface area is 106 Å². The maximum Gasteiger partial charge on any atom is 0.178 e. The SMILES string of the molecule is Cc1cc(C)nc(-c2ccc3ccccc3n2)n1. The highest BCUT2D eigenvalue weighted by Crippen LogP contribution is 2.18. The first-order valence-electron chi connectivity index (χ1n) is 5.91. The number of pyridine rings is 1. The van der Waals surface area contributed by atoms with E-state index in [-0.39, 0.29) is 0 Å². The van der Waals surface area contributed by atoms with E-state index in [9.17, 15) is 0 Å². The van der Waals surface area contributed by atoms with Crippen molar-refractivity contribution >= 4 is 10.9 Å². The smallest absolute Gasteiger partial charge is 0.178 e.